The van der Waals surface area contributed by atoms with Crippen molar-refractivity contribution < 1.29 is 9.72 Å². The Morgan fingerprint density at radius 2 is 1.96 bits per heavy atom. The van der Waals surface area contributed by atoms with E-state index in [1.807, 2.05) is 36.9 Å². The highest BCUT2D eigenvalue weighted by Gasteiger charge is 2.22. The molecule has 1 heterocycles. The molecule has 0 saturated carbocycles. The summed E-state index contributed by atoms with van der Waals surface area (Å²) in [5.74, 6) is 0.881. The van der Waals surface area contributed by atoms with Crippen LogP contribution >= 0.6 is 11.8 Å². The largest absolute Gasteiger partial charge is 0.313 e. The molecule has 0 aliphatic carbocycles. The average molecular weight is 383 g/mol. The second kappa shape index (κ2) is 8.35. The van der Waals surface area contributed by atoms with Crippen LogP contribution in [-0.4, -0.2) is 34.7 Å². The number of aliphatic imine (C=N–C) groups is 1. The van der Waals surface area contributed by atoms with E-state index in [-0.39, 0.29) is 18.0 Å². The Hall–Kier alpha value is -2.67. The lowest BCUT2D eigenvalue weighted by Gasteiger charge is -2.29. The van der Waals surface area contributed by atoms with Crippen LogP contribution in [0, 0.1) is 24.0 Å². The minimum absolute atomic E-state index is 0.0230. The standard InChI is InChI=1S/C20H21N3O3S/c1-14-5-3-6-18(15(14)2)22(20-21-11-4-12-27-20)13-19(24)16-7-9-17(10-8-16)23(25)26/h3,5-10H,4,11-13H2,1-2H3. The number of aryl methyl sites for hydroxylation is 1. The molecule has 0 unspecified atom stereocenters. The molecule has 0 atom stereocenters. The van der Waals surface area contributed by atoms with E-state index in [1.54, 1.807) is 11.8 Å². The van der Waals surface area contributed by atoms with Gasteiger partial charge in [-0.1, -0.05) is 23.9 Å². The van der Waals surface area contributed by atoms with Gasteiger partial charge in [0.05, 0.1) is 11.5 Å². The third-order valence-electron chi connectivity index (χ3n) is 4.58. The number of nitrogens with zero attached hydrogens (tertiary/aromatic N) is 3. The zero-order valence-electron chi connectivity index (χ0n) is 15.3. The van der Waals surface area contributed by atoms with Crippen LogP contribution in [0.5, 0.6) is 0 Å². The number of non-ortho nitro benzene ring substituents is 1. The molecule has 140 valence electrons. The van der Waals surface area contributed by atoms with Crippen LogP contribution in [-0.2, 0) is 0 Å². The lowest BCUT2D eigenvalue weighted by molar-refractivity contribution is -0.384. The van der Waals surface area contributed by atoms with Crippen molar-refractivity contribution in [3.63, 3.8) is 0 Å². The maximum Gasteiger partial charge on any atom is 0.269 e. The average Bonchev–Trinajstić information content (AvgIpc) is 2.69. The highest BCUT2D eigenvalue weighted by Crippen LogP contribution is 2.28. The summed E-state index contributed by atoms with van der Waals surface area (Å²) in [7, 11) is 0. The number of carbonyl (C=O) groups excluding carboxylic acids is 1. The van der Waals surface area contributed by atoms with Crippen molar-refractivity contribution >= 4 is 34.1 Å². The van der Waals surface area contributed by atoms with Crippen LogP contribution in [0.3, 0.4) is 0 Å². The molecule has 0 amide bonds. The number of amidine groups is 1. The van der Waals surface area contributed by atoms with E-state index in [9.17, 15) is 14.9 Å². The highest BCUT2D eigenvalue weighted by atomic mass is 32.2. The van der Waals surface area contributed by atoms with Crippen molar-refractivity contribution in [3.05, 3.63) is 69.3 Å². The molecule has 1 aliphatic rings. The van der Waals surface area contributed by atoms with E-state index in [1.165, 1.54) is 24.3 Å². The van der Waals surface area contributed by atoms with Gasteiger partial charge in [-0.05, 0) is 49.6 Å². The molecule has 2 aromatic rings. The molecule has 1 aliphatic heterocycles. The van der Waals surface area contributed by atoms with Crippen molar-refractivity contribution in [1.82, 2.24) is 0 Å². The Morgan fingerprint density at radius 1 is 1.22 bits per heavy atom. The van der Waals surface area contributed by atoms with Gasteiger partial charge < -0.3 is 4.90 Å². The molecule has 0 saturated heterocycles. The fourth-order valence-corrected chi connectivity index (χ4v) is 3.86. The molecule has 0 aromatic heterocycles. The smallest absolute Gasteiger partial charge is 0.269 e. The van der Waals surface area contributed by atoms with E-state index in [2.05, 4.69) is 4.99 Å². The molecule has 3 rings (SSSR count). The van der Waals surface area contributed by atoms with Crippen molar-refractivity contribution in [2.45, 2.75) is 20.3 Å². The summed E-state index contributed by atoms with van der Waals surface area (Å²) in [6.07, 6.45) is 1.03. The van der Waals surface area contributed by atoms with Gasteiger partial charge in [0.25, 0.3) is 5.69 Å². The number of thioether (sulfide) groups is 1. The van der Waals surface area contributed by atoms with Crippen molar-refractivity contribution in [1.29, 1.82) is 0 Å². The number of ketones is 1. The van der Waals surface area contributed by atoms with E-state index in [4.69, 9.17) is 0 Å². The molecule has 27 heavy (non-hydrogen) atoms. The van der Waals surface area contributed by atoms with Gasteiger partial charge in [-0.25, -0.2) is 0 Å². The summed E-state index contributed by atoms with van der Waals surface area (Å²) in [6, 6.07) is 11.8. The molecule has 7 heteroatoms. The topological polar surface area (TPSA) is 75.8 Å². The fraction of sp³-hybridized carbons (Fsp3) is 0.300. The quantitative estimate of drug-likeness (QED) is 0.435. The maximum absolute atomic E-state index is 12.9. The Labute approximate surface area is 162 Å². The zero-order chi connectivity index (χ0) is 19.4. The van der Waals surface area contributed by atoms with Crippen LogP contribution < -0.4 is 4.90 Å². The van der Waals surface area contributed by atoms with E-state index in [0.29, 0.717) is 5.56 Å². The van der Waals surface area contributed by atoms with E-state index >= 15 is 0 Å². The van der Waals surface area contributed by atoms with Crippen LogP contribution in [0.1, 0.15) is 27.9 Å². The predicted molar refractivity (Wildman–Crippen MR) is 110 cm³/mol. The van der Waals surface area contributed by atoms with Gasteiger partial charge >= 0.3 is 0 Å². The summed E-state index contributed by atoms with van der Waals surface area (Å²) in [5, 5.41) is 11.7. The first kappa shape index (κ1) is 19.1. The number of nitro groups is 1. The molecule has 0 N–H and O–H groups in total. The second-order valence-corrected chi connectivity index (χ2v) is 7.46. The molecular formula is C20H21N3O3S. The summed E-state index contributed by atoms with van der Waals surface area (Å²) >= 11 is 1.66. The van der Waals surface area contributed by atoms with Gasteiger partial charge in [-0.15, -0.1) is 0 Å². The van der Waals surface area contributed by atoms with E-state index in [0.717, 1.165) is 40.7 Å². The second-order valence-electron chi connectivity index (χ2n) is 6.40. The molecule has 0 bridgehead atoms. The van der Waals surface area contributed by atoms with Crippen molar-refractivity contribution in [2.24, 2.45) is 4.99 Å². The fourth-order valence-electron chi connectivity index (χ4n) is 2.90. The number of hydrogen-bond donors (Lipinski definition) is 0. The van der Waals surface area contributed by atoms with Crippen LogP contribution in [0.25, 0.3) is 0 Å². The van der Waals surface area contributed by atoms with Gasteiger partial charge in [0.2, 0.25) is 0 Å². The lowest BCUT2D eigenvalue weighted by atomic mass is 10.1. The number of carbonyl (C=O) groups is 1. The summed E-state index contributed by atoms with van der Waals surface area (Å²) < 4.78 is 0. The first-order chi connectivity index (χ1) is 13.0. The molecule has 0 radical (unpaired) electrons. The zero-order valence-corrected chi connectivity index (χ0v) is 16.2. The first-order valence-electron chi connectivity index (χ1n) is 8.76. The SMILES string of the molecule is Cc1cccc(N(CC(=O)c2ccc([N+](=O)[O-])cc2)C2=NCCCS2)c1C. The molecular weight excluding hydrogens is 362 g/mol. The van der Waals surface area contributed by atoms with Gasteiger partial charge in [0, 0.05) is 35.7 Å². The normalized spacial score (nSPS) is 13.8. The number of benzene rings is 2. The lowest BCUT2D eigenvalue weighted by Crippen LogP contribution is -2.36. The predicted octanol–water partition coefficient (Wildman–Crippen LogP) is 4.39. The van der Waals surface area contributed by atoms with Crippen molar-refractivity contribution in [3.8, 4) is 0 Å². The number of hydrogen-bond acceptors (Lipinski definition) is 6. The number of anilines is 1. The monoisotopic (exact) mass is 383 g/mol. The van der Waals surface area contributed by atoms with Gasteiger partial charge in [-0.2, -0.15) is 0 Å². The van der Waals surface area contributed by atoms with E-state index < -0.39 is 4.92 Å². The third kappa shape index (κ3) is 4.36. The van der Waals surface area contributed by atoms with Gasteiger partial charge in [0.1, 0.15) is 0 Å². The van der Waals surface area contributed by atoms with Gasteiger partial charge in [-0.3, -0.25) is 19.9 Å². The Bertz CT molecular complexity index is 894. The van der Waals surface area contributed by atoms with Gasteiger partial charge in [0.15, 0.2) is 11.0 Å². The third-order valence-corrected chi connectivity index (χ3v) is 5.68. The minimum atomic E-state index is -0.468. The Balaban J connectivity index is 1.91. The molecule has 0 fully saturated rings. The Kier molecular flexibility index (Phi) is 5.91. The number of rotatable bonds is 5. The van der Waals surface area contributed by atoms with Crippen LogP contribution in [0.2, 0.25) is 0 Å². The first-order valence-corrected chi connectivity index (χ1v) is 9.74. The molecule has 2 aromatic carbocycles. The summed E-state index contributed by atoms with van der Waals surface area (Å²) in [4.78, 5) is 29.8. The highest BCUT2D eigenvalue weighted by molar-refractivity contribution is 8.14. The van der Waals surface area contributed by atoms with Crippen LogP contribution in [0.15, 0.2) is 47.5 Å². The minimum Gasteiger partial charge on any atom is -0.313 e. The number of Topliss-reactive ketones (excluding diaryl/α,β-unsaturated/α-hetero) is 1. The molecule has 0 spiro atoms. The summed E-state index contributed by atoms with van der Waals surface area (Å²) in [5.41, 5.74) is 3.67. The Morgan fingerprint density at radius 3 is 2.59 bits per heavy atom. The number of nitro benzene ring substituents is 1. The summed E-state index contributed by atoms with van der Waals surface area (Å²) in [6.45, 7) is 5.00. The van der Waals surface area contributed by atoms with Crippen LogP contribution in [0.4, 0.5) is 11.4 Å². The van der Waals surface area contributed by atoms with Crippen molar-refractivity contribution in [2.75, 3.05) is 23.7 Å². The molecule has 6 nitrogen and oxygen atoms in total. The maximum atomic E-state index is 12.9.